The molecule has 0 aliphatic carbocycles. The minimum absolute atomic E-state index is 0.184. The van der Waals surface area contributed by atoms with E-state index < -0.39 is 5.91 Å². The highest BCUT2D eigenvalue weighted by Gasteiger charge is 2.14. The summed E-state index contributed by atoms with van der Waals surface area (Å²) in [7, 11) is 4.60. The number of methoxy groups -OCH3 is 3. The molecular weight excluding hydrogens is 384 g/mol. The van der Waals surface area contributed by atoms with Crippen LogP contribution in [0.2, 0.25) is 0 Å². The average Bonchev–Trinajstić information content (AvgIpc) is 3.23. The number of carbonyl (C=O) groups is 1. The van der Waals surface area contributed by atoms with Gasteiger partial charge in [0.15, 0.2) is 17.3 Å². The third kappa shape index (κ3) is 3.53. The van der Waals surface area contributed by atoms with Gasteiger partial charge in [-0.05, 0) is 35.0 Å². The summed E-state index contributed by atoms with van der Waals surface area (Å²) in [5, 5.41) is 7.01. The number of hydrogen-bond acceptors (Lipinski definition) is 6. The van der Waals surface area contributed by atoms with Crippen LogP contribution in [-0.2, 0) is 0 Å². The predicted octanol–water partition coefficient (Wildman–Crippen LogP) is 4.38. The summed E-state index contributed by atoms with van der Waals surface area (Å²) in [5.74, 6) is 1.21. The molecule has 1 amide bonds. The van der Waals surface area contributed by atoms with Crippen LogP contribution in [0, 0.1) is 0 Å². The van der Waals surface area contributed by atoms with Crippen LogP contribution < -0.4 is 19.6 Å². The van der Waals surface area contributed by atoms with E-state index in [9.17, 15) is 4.79 Å². The van der Waals surface area contributed by atoms with E-state index in [1.165, 1.54) is 27.5 Å². The van der Waals surface area contributed by atoms with Gasteiger partial charge in [0, 0.05) is 10.9 Å². The van der Waals surface area contributed by atoms with Gasteiger partial charge in [-0.2, -0.15) is 5.10 Å². The van der Waals surface area contributed by atoms with Crippen LogP contribution in [0.5, 0.6) is 17.2 Å². The second-order valence-electron chi connectivity index (χ2n) is 6.47. The lowest BCUT2D eigenvalue weighted by molar-refractivity contribution is 0.0929. The maximum absolute atomic E-state index is 12.5. The van der Waals surface area contributed by atoms with E-state index in [2.05, 4.69) is 10.5 Å². The van der Waals surface area contributed by atoms with Crippen molar-refractivity contribution in [3.63, 3.8) is 0 Å². The SMILES string of the molecule is COc1cc(C=NNC(=O)c2cc3c(ccc4ccccc43)o2)cc(OC)c1OC. The van der Waals surface area contributed by atoms with Crippen LogP contribution >= 0.6 is 0 Å². The molecule has 0 spiro atoms. The van der Waals surface area contributed by atoms with Crippen LogP contribution in [-0.4, -0.2) is 33.5 Å². The number of benzene rings is 3. The fraction of sp³-hybridized carbons (Fsp3) is 0.130. The van der Waals surface area contributed by atoms with Gasteiger partial charge < -0.3 is 18.6 Å². The lowest BCUT2D eigenvalue weighted by Gasteiger charge is -2.12. The Labute approximate surface area is 172 Å². The molecule has 0 saturated heterocycles. The highest BCUT2D eigenvalue weighted by molar-refractivity contribution is 6.08. The van der Waals surface area contributed by atoms with Gasteiger partial charge in [0.2, 0.25) is 5.75 Å². The van der Waals surface area contributed by atoms with Gasteiger partial charge in [0.1, 0.15) is 5.58 Å². The zero-order valence-corrected chi connectivity index (χ0v) is 16.8. The van der Waals surface area contributed by atoms with E-state index in [0.717, 1.165) is 16.2 Å². The van der Waals surface area contributed by atoms with Crippen LogP contribution in [0.15, 0.2) is 64.1 Å². The largest absolute Gasteiger partial charge is 0.493 e. The van der Waals surface area contributed by atoms with Gasteiger partial charge in [-0.3, -0.25) is 4.79 Å². The highest BCUT2D eigenvalue weighted by atomic mass is 16.5. The summed E-state index contributed by atoms with van der Waals surface area (Å²) < 4.78 is 21.6. The van der Waals surface area contributed by atoms with E-state index >= 15 is 0 Å². The lowest BCUT2D eigenvalue weighted by atomic mass is 10.1. The second kappa shape index (κ2) is 8.16. The van der Waals surface area contributed by atoms with Crippen molar-refractivity contribution in [1.29, 1.82) is 0 Å². The van der Waals surface area contributed by atoms with Crippen molar-refractivity contribution in [3.05, 3.63) is 65.9 Å². The highest BCUT2D eigenvalue weighted by Crippen LogP contribution is 2.37. The summed E-state index contributed by atoms with van der Waals surface area (Å²) in [6.45, 7) is 0. The predicted molar refractivity (Wildman–Crippen MR) is 115 cm³/mol. The minimum atomic E-state index is -0.445. The fourth-order valence-electron chi connectivity index (χ4n) is 3.30. The number of furan rings is 1. The molecule has 0 atom stereocenters. The van der Waals surface area contributed by atoms with Crippen molar-refractivity contribution >= 4 is 33.9 Å². The first-order chi connectivity index (χ1) is 14.6. The second-order valence-corrected chi connectivity index (χ2v) is 6.47. The summed E-state index contributed by atoms with van der Waals surface area (Å²) in [5.41, 5.74) is 3.80. The number of ether oxygens (including phenoxy) is 3. The first-order valence-corrected chi connectivity index (χ1v) is 9.19. The van der Waals surface area contributed by atoms with Gasteiger partial charge in [-0.15, -0.1) is 0 Å². The molecule has 152 valence electrons. The van der Waals surface area contributed by atoms with Crippen molar-refractivity contribution in [2.24, 2.45) is 5.10 Å². The lowest BCUT2D eigenvalue weighted by Crippen LogP contribution is -2.16. The van der Waals surface area contributed by atoms with E-state index in [-0.39, 0.29) is 5.76 Å². The smallest absolute Gasteiger partial charge is 0.307 e. The number of nitrogens with zero attached hydrogens (tertiary/aromatic N) is 1. The Morgan fingerprint density at radius 1 is 0.933 bits per heavy atom. The molecule has 0 unspecified atom stereocenters. The molecule has 7 nitrogen and oxygen atoms in total. The van der Waals surface area contributed by atoms with E-state index in [1.807, 2.05) is 36.4 Å². The zero-order valence-electron chi connectivity index (χ0n) is 16.8. The molecule has 3 aromatic carbocycles. The molecule has 1 N–H and O–H groups in total. The molecule has 4 rings (SSSR count). The Hall–Kier alpha value is -4.00. The number of hydrogen-bond donors (Lipinski definition) is 1. The Kier molecular flexibility index (Phi) is 5.26. The molecule has 0 aliphatic heterocycles. The van der Waals surface area contributed by atoms with E-state index in [4.69, 9.17) is 18.6 Å². The molecule has 0 bridgehead atoms. The quantitative estimate of drug-likeness (QED) is 0.381. The van der Waals surface area contributed by atoms with Crippen LogP contribution in [0.25, 0.3) is 21.7 Å². The molecule has 4 aromatic rings. The Morgan fingerprint density at radius 3 is 2.37 bits per heavy atom. The van der Waals surface area contributed by atoms with Gasteiger partial charge in [-0.1, -0.05) is 30.3 Å². The summed E-state index contributed by atoms with van der Waals surface area (Å²) in [6, 6.07) is 16.9. The molecule has 1 aromatic heterocycles. The van der Waals surface area contributed by atoms with Crippen molar-refractivity contribution in [3.8, 4) is 17.2 Å². The molecular formula is C23H20N2O5. The topological polar surface area (TPSA) is 82.3 Å². The summed E-state index contributed by atoms with van der Waals surface area (Å²) >= 11 is 0. The van der Waals surface area contributed by atoms with Crippen LogP contribution in [0.1, 0.15) is 16.1 Å². The normalized spacial score (nSPS) is 11.2. The summed E-state index contributed by atoms with van der Waals surface area (Å²) in [4.78, 5) is 12.5. The third-order valence-corrected chi connectivity index (χ3v) is 4.72. The molecule has 7 heteroatoms. The molecule has 0 saturated carbocycles. The maximum atomic E-state index is 12.5. The average molecular weight is 404 g/mol. The van der Waals surface area contributed by atoms with Gasteiger partial charge in [0.25, 0.3) is 0 Å². The Morgan fingerprint density at radius 2 is 1.67 bits per heavy atom. The molecule has 0 fully saturated rings. The van der Waals surface area contributed by atoms with Crippen molar-refractivity contribution < 1.29 is 23.4 Å². The molecule has 0 aliphatic rings. The third-order valence-electron chi connectivity index (χ3n) is 4.72. The number of nitrogens with one attached hydrogen (secondary N) is 1. The standard InChI is InChI=1S/C23H20N2O5/c1-27-19-10-14(11-20(28-2)22(19)29-3)13-24-25-23(26)21-12-17-16-7-5-4-6-15(16)8-9-18(17)30-21/h4-13H,1-3H3,(H,25,26). The number of hydrazone groups is 1. The first-order valence-electron chi connectivity index (χ1n) is 9.19. The molecule has 1 heterocycles. The fourth-order valence-corrected chi connectivity index (χ4v) is 3.30. The van der Waals surface area contributed by atoms with Crippen molar-refractivity contribution in [2.75, 3.05) is 21.3 Å². The van der Waals surface area contributed by atoms with Crippen molar-refractivity contribution in [1.82, 2.24) is 5.43 Å². The molecule has 30 heavy (non-hydrogen) atoms. The summed E-state index contributed by atoms with van der Waals surface area (Å²) in [6.07, 6.45) is 1.49. The monoisotopic (exact) mass is 404 g/mol. The van der Waals surface area contributed by atoms with Gasteiger partial charge >= 0.3 is 5.91 Å². The van der Waals surface area contributed by atoms with Crippen LogP contribution in [0.4, 0.5) is 0 Å². The van der Waals surface area contributed by atoms with Crippen molar-refractivity contribution in [2.45, 2.75) is 0 Å². The Bertz CT molecular complexity index is 1230. The number of carbonyl (C=O) groups excluding carboxylic acids is 1. The number of rotatable bonds is 6. The van der Waals surface area contributed by atoms with Crippen LogP contribution in [0.3, 0.4) is 0 Å². The number of fused-ring (bicyclic) bond motifs is 3. The molecule has 0 radical (unpaired) electrons. The first kappa shape index (κ1) is 19.3. The zero-order chi connectivity index (χ0) is 21.1. The van der Waals surface area contributed by atoms with E-state index in [0.29, 0.717) is 28.4 Å². The minimum Gasteiger partial charge on any atom is -0.493 e. The van der Waals surface area contributed by atoms with E-state index in [1.54, 1.807) is 18.2 Å². The maximum Gasteiger partial charge on any atom is 0.307 e. The van der Waals surface area contributed by atoms with Gasteiger partial charge in [0.05, 0.1) is 27.5 Å². The van der Waals surface area contributed by atoms with Gasteiger partial charge in [-0.25, -0.2) is 5.43 Å². The Balaban J connectivity index is 1.56. The number of amides is 1.